The largest absolute Gasteiger partial charge is 0.361 e. The predicted molar refractivity (Wildman–Crippen MR) is 54.1 cm³/mol. The number of Topliss-reactive ketones (excluding diaryl/α,β-unsaturated/α-hetero) is 1. The lowest BCUT2D eigenvalue weighted by molar-refractivity contribution is -0.116. The van der Waals surface area contributed by atoms with Crippen molar-refractivity contribution in [1.82, 2.24) is 0 Å². The van der Waals surface area contributed by atoms with Gasteiger partial charge in [0.05, 0.1) is 0 Å². The zero-order valence-electron chi connectivity index (χ0n) is 7.89. The molecule has 0 atom stereocenters. The molecule has 1 aromatic carbocycles. The highest BCUT2D eigenvalue weighted by Crippen LogP contribution is 2.04. The number of benzene rings is 1. The summed E-state index contributed by atoms with van der Waals surface area (Å²) >= 11 is 0. The monoisotopic (exact) mass is 188 g/mol. The van der Waals surface area contributed by atoms with Crippen molar-refractivity contribution in [2.75, 3.05) is 0 Å². The summed E-state index contributed by atoms with van der Waals surface area (Å²) in [6.07, 6.45) is 3.05. The Morgan fingerprint density at radius 2 is 2.07 bits per heavy atom. The molecular formula is C11H12N2O. The Kier molecular flexibility index (Phi) is 4.32. The van der Waals surface area contributed by atoms with Crippen molar-refractivity contribution in [2.45, 2.75) is 19.3 Å². The highest BCUT2D eigenvalue weighted by atomic mass is 16.1. The topological polar surface area (TPSA) is 53.5 Å². The second-order valence-electron chi connectivity index (χ2n) is 3.05. The van der Waals surface area contributed by atoms with Gasteiger partial charge in [-0.1, -0.05) is 30.3 Å². The second kappa shape index (κ2) is 5.84. The summed E-state index contributed by atoms with van der Waals surface area (Å²) in [6.45, 7) is 0. The van der Waals surface area contributed by atoms with Gasteiger partial charge in [0.2, 0.25) is 5.78 Å². The van der Waals surface area contributed by atoms with Crippen LogP contribution in [-0.2, 0) is 11.2 Å². The molecular weight excluding hydrogens is 176 g/mol. The Bertz CT molecular complexity index is 340. The molecule has 0 aliphatic heterocycles. The van der Waals surface area contributed by atoms with Gasteiger partial charge >= 0.3 is 6.21 Å². The van der Waals surface area contributed by atoms with Gasteiger partial charge < -0.3 is 5.53 Å². The van der Waals surface area contributed by atoms with E-state index in [0.717, 1.165) is 19.1 Å². The van der Waals surface area contributed by atoms with Crippen LogP contribution in [0.25, 0.3) is 5.53 Å². The number of hydrogen-bond acceptors (Lipinski definition) is 1. The fraction of sp³-hybridized carbons (Fsp3) is 0.273. The van der Waals surface area contributed by atoms with Crippen LogP contribution in [0.2, 0.25) is 0 Å². The molecule has 0 saturated heterocycles. The average molecular weight is 188 g/mol. The van der Waals surface area contributed by atoms with Gasteiger partial charge in [0.1, 0.15) is 0 Å². The van der Waals surface area contributed by atoms with Crippen molar-refractivity contribution in [3.63, 3.8) is 0 Å². The molecule has 0 aromatic heterocycles. The van der Waals surface area contributed by atoms with Crippen LogP contribution in [0.5, 0.6) is 0 Å². The van der Waals surface area contributed by atoms with Crippen molar-refractivity contribution in [3.05, 3.63) is 41.4 Å². The summed E-state index contributed by atoms with van der Waals surface area (Å²) in [5.41, 5.74) is 9.33. The van der Waals surface area contributed by atoms with Crippen LogP contribution in [0.1, 0.15) is 18.4 Å². The minimum absolute atomic E-state index is 0.136. The van der Waals surface area contributed by atoms with Crippen molar-refractivity contribution in [1.29, 1.82) is 0 Å². The summed E-state index contributed by atoms with van der Waals surface area (Å²) in [6, 6.07) is 9.99. The van der Waals surface area contributed by atoms with Gasteiger partial charge in [0.15, 0.2) is 0 Å². The van der Waals surface area contributed by atoms with E-state index in [4.69, 9.17) is 5.53 Å². The summed E-state index contributed by atoms with van der Waals surface area (Å²) in [5, 5.41) is 0. The van der Waals surface area contributed by atoms with E-state index in [1.54, 1.807) is 0 Å². The van der Waals surface area contributed by atoms with Crippen LogP contribution in [0.3, 0.4) is 0 Å². The summed E-state index contributed by atoms with van der Waals surface area (Å²) < 4.78 is 0. The molecule has 0 radical (unpaired) electrons. The maximum atomic E-state index is 10.9. The Morgan fingerprint density at radius 1 is 1.36 bits per heavy atom. The van der Waals surface area contributed by atoms with Gasteiger partial charge in [0, 0.05) is 6.42 Å². The van der Waals surface area contributed by atoms with E-state index in [2.05, 4.69) is 4.79 Å². The van der Waals surface area contributed by atoms with Crippen LogP contribution < -0.4 is 0 Å². The first-order valence-electron chi connectivity index (χ1n) is 4.57. The number of rotatable bonds is 5. The van der Waals surface area contributed by atoms with Crippen LogP contribution in [-0.4, -0.2) is 16.8 Å². The summed E-state index contributed by atoms with van der Waals surface area (Å²) in [4.78, 5) is 13.6. The molecule has 3 nitrogen and oxygen atoms in total. The number of ketones is 1. The lowest BCUT2D eigenvalue weighted by atomic mass is 10.1. The summed E-state index contributed by atoms with van der Waals surface area (Å²) in [7, 11) is 0. The fourth-order valence-corrected chi connectivity index (χ4v) is 1.24. The normalized spacial score (nSPS) is 9.14. The third-order valence-corrected chi connectivity index (χ3v) is 1.93. The standard InChI is InChI=1S/C11H12N2O/c12-13-9-11(14)8-4-7-10-5-2-1-3-6-10/h1-3,5-6,9H,4,7-8H2. The molecule has 0 unspecified atom stereocenters. The summed E-state index contributed by atoms with van der Waals surface area (Å²) in [5.74, 6) is -0.136. The highest BCUT2D eigenvalue weighted by Gasteiger charge is 2.01. The molecule has 1 aromatic rings. The molecule has 3 heteroatoms. The van der Waals surface area contributed by atoms with Crippen molar-refractivity contribution in [3.8, 4) is 0 Å². The molecule has 0 spiro atoms. The van der Waals surface area contributed by atoms with Gasteiger partial charge in [-0.3, -0.25) is 4.79 Å². The Hall–Kier alpha value is -1.73. The quantitative estimate of drug-likeness (QED) is 0.395. The van der Waals surface area contributed by atoms with Gasteiger partial charge in [-0.2, -0.15) is 4.79 Å². The second-order valence-corrected chi connectivity index (χ2v) is 3.05. The first-order chi connectivity index (χ1) is 6.83. The molecule has 0 aliphatic carbocycles. The van der Waals surface area contributed by atoms with Crippen molar-refractivity contribution < 1.29 is 9.58 Å². The van der Waals surface area contributed by atoms with E-state index in [0.29, 0.717) is 6.42 Å². The van der Waals surface area contributed by atoms with E-state index < -0.39 is 0 Å². The number of carbonyl (C=O) groups excluding carboxylic acids is 1. The van der Waals surface area contributed by atoms with E-state index in [1.165, 1.54) is 5.56 Å². The predicted octanol–water partition coefficient (Wildman–Crippen LogP) is 1.88. The van der Waals surface area contributed by atoms with Crippen LogP contribution in [0, 0.1) is 0 Å². The molecule has 0 saturated carbocycles. The number of aryl methyl sites for hydroxylation is 1. The van der Waals surface area contributed by atoms with E-state index >= 15 is 0 Å². The first kappa shape index (κ1) is 10.4. The fourth-order valence-electron chi connectivity index (χ4n) is 1.24. The number of nitrogens with zero attached hydrogens (tertiary/aromatic N) is 2. The molecule has 1 rings (SSSR count). The van der Waals surface area contributed by atoms with E-state index in [-0.39, 0.29) is 5.78 Å². The molecule has 14 heavy (non-hydrogen) atoms. The zero-order chi connectivity index (χ0) is 10.2. The molecule has 0 bridgehead atoms. The van der Waals surface area contributed by atoms with Crippen LogP contribution in [0.4, 0.5) is 0 Å². The minimum Gasteiger partial charge on any atom is -0.361 e. The molecule has 0 heterocycles. The van der Waals surface area contributed by atoms with Gasteiger partial charge in [0.25, 0.3) is 0 Å². The highest BCUT2D eigenvalue weighted by molar-refractivity contribution is 6.25. The Balaban J connectivity index is 2.29. The SMILES string of the molecule is [N-]=[N+]=CC(=O)CCCc1ccccc1. The maximum absolute atomic E-state index is 10.9. The van der Waals surface area contributed by atoms with Gasteiger partial charge in [-0.25, -0.2) is 0 Å². The van der Waals surface area contributed by atoms with Gasteiger partial charge in [-0.15, -0.1) is 0 Å². The first-order valence-corrected chi connectivity index (χ1v) is 4.57. The average Bonchev–Trinajstić information content (AvgIpc) is 2.20. The zero-order valence-corrected chi connectivity index (χ0v) is 7.89. The molecule has 72 valence electrons. The van der Waals surface area contributed by atoms with Crippen LogP contribution >= 0.6 is 0 Å². The molecule has 0 fully saturated rings. The van der Waals surface area contributed by atoms with E-state index in [9.17, 15) is 4.79 Å². The lowest BCUT2D eigenvalue weighted by Crippen LogP contribution is -2.00. The third kappa shape index (κ3) is 3.78. The number of carbonyl (C=O) groups is 1. The Morgan fingerprint density at radius 3 is 2.71 bits per heavy atom. The van der Waals surface area contributed by atoms with Crippen molar-refractivity contribution >= 4 is 12.0 Å². The molecule has 0 aliphatic rings. The number of hydrogen-bond donors (Lipinski definition) is 0. The third-order valence-electron chi connectivity index (χ3n) is 1.93. The lowest BCUT2D eigenvalue weighted by Gasteiger charge is -1.97. The van der Waals surface area contributed by atoms with Crippen LogP contribution in [0.15, 0.2) is 30.3 Å². The minimum atomic E-state index is -0.136. The smallest absolute Gasteiger partial charge is 0.323 e. The van der Waals surface area contributed by atoms with E-state index in [1.807, 2.05) is 30.3 Å². The van der Waals surface area contributed by atoms with Gasteiger partial charge in [-0.05, 0) is 18.4 Å². The maximum Gasteiger partial charge on any atom is 0.323 e. The van der Waals surface area contributed by atoms with Crippen molar-refractivity contribution in [2.24, 2.45) is 0 Å². The Labute approximate surface area is 83.0 Å². The molecule has 0 amide bonds. The molecule has 0 N–H and O–H groups in total.